The Morgan fingerprint density at radius 2 is 1.85 bits per heavy atom. The van der Waals surface area contributed by atoms with Crippen LogP contribution in [0.4, 0.5) is 0 Å². The van der Waals surface area contributed by atoms with Crippen LogP contribution < -0.4 is 10.7 Å². The van der Waals surface area contributed by atoms with E-state index in [0.717, 1.165) is 22.5 Å². The van der Waals surface area contributed by atoms with Gasteiger partial charge in [0.15, 0.2) is 5.11 Å². The zero-order valence-corrected chi connectivity index (χ0v) is 15.8. The van der Waals surface area contributed by atoms with Gasteiger partial charge in [0.05, 0.1) is 18.5 Å². The van der Waals surface area contributed by atoms with Gasteiger partial charge in [0.2, 0.25) is 0 Å². The lowest BCUT2D eigenvalue weighted by Crippen LogP contribution is -2.34. The summed E-state index contributed by atoms with van der Waals surface area (Å²) in [6.07, 6.45) is 3.67. The van der Waals surface area contributed by atoms with Crippen LogP contribution >= 0.6 is 12.2 Å². The molecule has 0 radical (unpaired) electrons. The molecule has 0 amide bonds. The number of hydrogen-bond donors (Lipinski definition) is 2. The Morgan fingerprint density at radius 1 is 1.15 bits per heavy atom. The predicted octanol–water partition coefficient (Wildman–Crippen LogP) is 2.98. The Hall–Kier alpha value is -3.03. The summed E-state index contributed by atoms with van der Waals surface area (Å²) >= 11 is 5.18. The van der Waals surface area contributed by atoms with Crippen molar-refractivity contribution in [3.8, 4) is 16.9 Å². The highest BCUT2D eigenvalue weighted by atomic mass is 32.1. The van der Waals surface area contributed by atoms with E-state index in [1.54, 1.807) is 13.3 Å². The topological polar surface area (TPSA) is 63.5 Å². The normalized spacial score (nSPS) is 10.9. The number of thiocarbonyl (C=S) groups is 1. The second kappa shape index (κ2) is 9.61. The van der Waals surface area contributed by atoms with Gasteiger partial charge in [-0.25, -0.2) is 4.68 Å². The van der Waals surface area contributed by atoms with E-state index in [2.05, 4.69) is 15.8 Å². The molecule has 7 heteroatoms. The van der Waals surface area contributed by atoms with Crippen molar-refractivity contribution in [2.45, 2.75) is 0 Å². The van der Waals surface area contributed by atoms with Gasteiger partial charge in [-0.2, -0.15) is 10.2 Å². The Bertz CT molecular complexity index is 893. The second-order valence-corrected chi connectivity index (χ2v) is 6.11. The Morgan fingerprint density at radius 3 is 2.56 bits per heavy atom. The lowest BCUT2D eigenvalue weighted by Gasteiger charge is -2.05. The number of methoxy groups -OCH3 is 1. The number of benzene rings is 2. The molecule has 2 aromatic carbocycles. The van der Waals surface area contributed by atoms with Gasteiger partial charge in [0, 0.05) is 31.0 Å². The highest BCUT2D eigenvalue weighted by molar-refractivity contribution is 7.80. The van der Waals surface area contributed by atoms with Crippen molar-refractivity contribution in [3.63, 3.8) is 0 Å². The molecule has 0 fully saturated rings. The molecule has 0 atom stereocenters. The standard InChI is InChI=1S/C20H21N5OS/c1-26-13-12-21-20(27)23-22-14-17-15-25(18-10-6-3-7-11-18)24-19(17)16-8-4-2-5-9-16/h2-11,14-15H,12-13H2,1H3,(H2,21,23,27). The van der Waals surface area contributed by atoms with Gasteiger partial charge in [-0.1, -0.05) is 48.5 Å². The van der Waals surface area contributed by atoms with E-state index in [9.17, 15) is 0 Å². The molecular formula is C20H21N5OS. The summed E-state index contributed by atoms with van der Waals surface area (Å²) in [4.78, 5) is 0. The summed E-state index contributed by atoms with van der Waals surface area (Å²) in [7, 11) is 1.64. The van der Waals surface area contributed by atoms with Gasteiger partial charge in [-0.3, -0.25) is 5.43 Å². The third-order valence-corrected chi connectivity index (χ3v) is 4.01. The highest BCUT2D eigenvalue weighted by Crippen LogP contribution is 2.22. The molecule has 138 valence electrons. The van der Waals surface area contributed by atoms with Crippen LogP contribution in [-0.2, 0) is 4.74 Å². The van der Waals surface area contributed by atoms with Crippen molar-refractivity contribution >= 4 is 23.5 Å². The lowest BCUT2D eigenvalue weighted by molar-refractivity contribution is 0.204. The first-order chi connectivity index (χ1) is 13.3. The van der Waals surface area contributed by atoms with Gasteiger partial charge in [-0.15, -0.1) is 0 Å². The van der Waals surface area contributed by atoms with Crippen molar-refractivity contribution in [1.82, 2.24) is 20.5 Å². The molecule has 0 unspecified atom stereocenters. The molecule has 27 heavy (non-hydrogen) atoms. The number of hydrazone groups is 1. The Kier molecular flexibility index (Phi) is 6.67. The molecule has 6 nitrogen and oxygen atoms in total. The second-order valence-electron chi connectivity index (χ2n) is 5.70. The zero-order valence-electron chi connectivity index (χ0n) is 15.0. The maximum absolute atomic E-state index is 5.18. The molecule has 0 aliphatic heterocycles. The van der Waals surface area contributed by atoms with Crippen LogP contribution in [0.15, 0.2) is 72.0 Å². The number of aromatic nitrogens is 2. The highest BCUT2D eigenvalue weighted by Gasteiger charge is 2.10. The fourth-order valence-electron chi connectivity index (χ4n) is 2.48. The molecular weight excluding hydrogens is 358 g/mol. The summed E-state index contributed by atoms with van der Waals surface area (Å²) in [6, 6.07) is 20.0. The average molecular weight is 379 g/mol. The smallest absolute Gasteiger partial charge is 0.187 e. The quantitative estimate of drug-likeness (QED) is 0.286. The number of ether oxygens (including phenoxy) is 1. The van der Waals surface area contributed by atoms with E-state index in [4.69, 9.17) is 22.1 Å². The number of para-hydroxylation sites is 1. The van der Waals surface area contributed by atoms with Crippen LogP contribution in [0.2, 0.25) is 0 Å². The molecule has 0 saturated carbocycles. The van der Waals surface area contributed by atoms with E-state index in [1.807, 2.05) is 71.5 Å². The number of rotatable bonds is 7. The molecule has 3 rings (SSSR count). The third-order valence-electron chi connectivity index (χ3n) is 3.77. The van der Waals surface area contributed by atoms with E-state index >= 15 is 0 Å². The monoisotopic (exact) mass is 379 g/mol. The van der Waals surface area contributed by atoms with Crippen LogP contribution in [0.25, 0.3) is 16.9 Å². The van der Waals surface area contributed by atoms with E-state index < -0.39 is 0 Å². The first-order valence-corrected chi connectivity index (χ1v) is 8.95. The van der Waals surface area contributed by atoms with Crippen LogP contribution in [0.3, 0.4) is 0 Å². The minimum Gasteiger partial charge on any atom is -0.383 e. The zero-order chi connectivity index (χ0) is 18.9. The minimum atomic E-state index is 0.444. The first-order valence-electron chi connectivity index (χ1n) is 8.54. The van der Waals surface area contributed by atoms with Crippen LogP contribution in [0, 0.1) is 0 Å². The predicted molar refractivity (Wildman–Crippen MR) is 112 cm³/mol. The Balaban J connectivity index is 1.81. The summed E-state index contributed by atoms with van der Waals surface area (Å²) < 4.78 is 6.82. The van der Waals surface area contributed by atoms with E-state index in [1.165, 1.54) is 0 Å². The largest absolute Gasteiger partial charge is 0.383 e. The van der Waals surface area contributed by atoms with Crippen molar-refractivity contribution in [1.29, 1.82) is 0 Å². The summed E-state index contributed by atoms with van der Waals surface area (Å²) in [5, 5.41) is 12.4. The van der Waals surface area contributed by atoms with Gasteiger partial charge in [-0.05, 0) is 24.4 Å². The maximum atomic E-state index is 5.18. The Labute approximate surface area is 163 Å². The molecule has 0 spiro atoms. The maximum Gasteiger partial charge on any atom is 0.187 e. The van der Waals surface area contributed by atoms with Gasteiger partial charge < -0.3 is 10.1 Å². The van der Waals surface area contributed by atoms with Gasteiger partial charge in [0.1, 0.15) is 5.69 Å². The summed E-state index contributed by atoms with van der Waals surface area (Å²) in [6.45, 7) is 1.20. The van der Waals surface area contributed by atoms with Crippen LogP contribution in [0.5, 0.6) is 0 Å². The molecule has 1 heterocycles. The van der Waals surface area contributed by atoms with Crippen molar-refractivity contribution in [2.75, 3.05) is 20.3 Å². The van der Waals surface area contributed by atoms with Crippen molar-refractivity contribution in [3.05, 3.63) is 72.4 Å². The van der Waals surface area contributed by atoms with Gasteiger partial charge in [0.25, 0.3) is 0 Å². The average Bonchev–Trinajstić information content (AvgIpc) is 3.14. The van der Waals surface area contributed by atoms with Crippen LogP contribution in [-0.4, -0.2) is 41.4 Å². The molecule has 2 N–H and O–H groups in total. The lowest BCUT2D eigenvalue weighted by atomic mass is 10.1. The van der Waals surface area contributed by atoms with Crippen molar-refractivity contribution in [2.24, 2.45) is 5.10 Å². The number of nitrogens with zero attached hydrogens (tertiary/aromatic N) is 3. The number of nitrogens with one attached hydrogen (secondary N) is 2. The summed E-state index contributed by atoms with van der Waals surface area (Å²) in [5.41, 5.74) is 6.56. The molecule has 0 bridgehead atoms. The first kappa shape index (κ1) is 18.8. The van der Waals surface area contributed by atoms with Crippen LogP contribution in [0.1, 0.15) is 5.56 Å². The fraction of sp³-hybridized carbons (Fsp3) is 0.150. The number of hydrogen-bond acceptors (Lipinski definition) is 4. The minimum absolute atomic E-state index is 0.444. The van der Waals surface area contributed by atoms with E-state index in [-0.39, 0.29) is 0 Å². The molecule has 0 aliphatic carbocycles. The molecule has 1 aromatic heterocycles. The van der Waals surface area contributed by atoms with Gasteiger partial charge >= 0.3 is 0 Å². The summed E-state index contributed by atoms with van der Waals surface area (Å²) in [5.74, 6) is 0. The molecule has 3 aromatic rings. The SMILES string of the molecule is COCCNC(=S)NN=Cc1cn(-c2ccccc2)nc1-c1ccccc1. The fourth-order valence-corrected chi connectivity index (χ4v) is 2.64. The molecule has 0 aliphatic rings. The molecule has 0 saturated heterocycles. The van der Waals surface area contributed by atoms with E-state index in [0.29, 0.717) is 18.3 Å². The van der Waals surface area contributed by atoms with Crippen molar-refractivity contribution < 1.29 is 4.74 Å². The third kappa shape index (κ3) is 5.22.